The normalized spacial score (nSPS) is 9.61. The zero-order valence-electron chi connectivity index (χ0n) is 12.0. The summed E-state index contributed by atoms with van der Waals surface area (Å²) in [6.45, 7) is 0. The SMILES string of the molecule is [NH-]Nc1nc(Oc2ccccc2)nc(Oc2ccccc2)n1.[Y]. The fourth-order valence-electron chi connectivity index (χ4n) is 1.67. The third-order valence-corrected chi connectivity index (χ3v) is 2.61. The van der Waals surface area contributed by atoms with Gasteiger partial charge in [-0.3, -0.25) is 0 Å². The summed E-state index contributed by atoms with van der Waals surface area (Å²) < 4.78 is 11.1. The average molecular weight is 383 g/mol. The summed E-state index contributed by atoms with van der Waals surface area (Å²) in [4.78, 5) is 12.0. The summed E-state index contributed by atoms with van der Waals surface area (Å²) in [7, 11) is 0. The molecule has 0 aliphatic carbocycles. The zero-order valence-corrected chi connectivity index (χ0v) is 14.8. The van der Waals surface area contributed by atoms with E-state index >= 15 is 0 Å². The van der Waals surface area contributed by atoms with Crippen molar-refractivity contribution in [1.29, 1.82) is 0 Å². The van der Waals surface area contributed by atoms with Crippen LogP contribution in [-0.2, 0) is 32.7 Å². The van der Waals surface area contributed by atoms with E-state index in [0.29, 0.717) is 11.5 Å². The molecule has 3 rings (SSSR count). The van der Waals surface area contributed by atoms with Crippen LogP contribution in [0.1, 0.15) is 0 Å². The van der Waals surface area contributed by atoms with Gasteiger partial charge in [-0.1, -0.05) is 36.4 Å². The molecule has 1 radical (unpaired) electrons. The number of para-hydroxylation sites is 2. The summed E-state index contributed by atoms with van der Waals surface area (Å²) in [5.74, 6) is 8.37. The molecule has 1 heterocycles. The molecule has 3 aromatic rings. The molecule has 7 nitrogen and oxygen atoms in total. The Balaban J connectivity index is 0.00000192. The quantitative estimate of drug-likeness (QED) is 0.673. The molecular formula is C15H12N5O2Y-. The number of nitrogens with zero attached hydrogens (tertiary/aromatic N) is 3. The van der Waals surface area contributed by atoms with Crippen LogP contribution in [0.3, 0.4) is 0 Å². The van der Waals surface area contributed by atoms with E-state index in [2.05, 4.69) is 20.4 Å². The fourth-order valence-corrected chi connectivity index (χ4v) is 1.67. The van der Waals surface area contributed by atoms with Gasteiger partial charge in [-0.25, -0.2) is 0 Å². The van der Waals surface area contributed by atoms with Crippen molar-refractivity contribution in [1.82, 2.24) is 15.0 Å². The summed E-state index contributed by atoms with van der Waals surface area (Å²) in [5.41, 5.74) is 2.11. The number of aromatic nitrogens is 3. The van der Waals surface area contributed by atoms with Crippen molar-refractivity contribution in [3.05, 3.63) is 66.5 Å². The summed E-state index contributed by atoms with van der Waals surface area (Å²) in [6, 6.07) is 18.3. The van der Waals surface area contributed by atoms with Crippen LogP contribution in [0.25, 0.3) is 5.84 Å². The van der Waals surface area contributed by atoms with Gasteiger partial charge in [0, 0.05) is 32.7 Å². The Morgan fingerprint density at radius 2 is 1.13 bits per heavy atom. The Kier molecular flexibility index (Phi) is 6.40. The van der Waals surface area contributed by atoms with Gasteiger partial charge in [-0.05, 0) is 24.3 Å². The molecule has 0 amide bonds. The van der Waals surface area contributed by atoms with Crippen molar-refractivity contribution >= 4 is 5.95 Å². The molecule has 23 heavy (non-hydrogen) atoms. The molecule has 0 unspecified atom stereocenters. The molecule has 1 aromatic heterocycles. The molecule has 0 saturated carbocycles. The van der Waals surface area contributed by atoms with Gasteiger partial charge in [0.25, 0.3) is 0 Å². The van der Waals surface area contributed by atoms with Crippen LogP contribution >= 0.6 is 0 Å². The van der Waals surface area contributed by atoms with E-state index in [0.717, 1.165) is 0 Å². The van der Waals surface area contributed by atoms with Crippen molar-refractivity contribution < 1.29 is 42.2 Å². The predicted octanol–water partition coefficient (Wildman–Crippen LogP) is 3.83. The fraction of sp³-hybridized carbons (Fsp3) is 0. The Morgan fingerprint density at radius 1 is 0.696 bits per heavy atom. The van der Waals surface area contributed by atoms with Crippen LogP contribution in [0.15, 0.2) is 60.7 Å². The van der Waals surface area contributed by atoms with E-state index in [4.69, 9.17) is 15.3 Å². The molecular weight excluding hydrogens is 371 g/mol. The summed E-state index contributed by atoms with van der Waals surface area (Å²) in [5, 5.41) is 0. The number of hydrogen-bond acceptors (Lipinski definition) is 6. The first kappa shape index (κ1) is 17.3. The van der Waals surface area contributed by atoms with E-state index < -0.39 is 0 Å². The average Bonchev–Trinajstić information content (AvgIpc) is 2.56. The second-order valence-corrected chi connectivity index (χ2v) is 4.18. The standard InChI is InChI=1S/C15H12N5O2.Y/c16-20-13-17-14(21-11-7-3-1-4-8-11)19-15(18-13)22-12-9-5-2-6-10-12;/h1-10,16H,(H,17,18,19,20);/q-1;. The number of rotatable bonds is 5. The van der Waals surface area contributed by atoms with E-state index in [-0.39, 0.29) is 50.7 Å². The molecule has 2 N–H and O–H groups in total. The van der Waals surface area contributed by atoms with Crippen molar-refractivity contribution in [2.75, 3.05) is 5.43 Å². The van der Waals surface area contributed by atoms with Gasteiger partial charge in [0.15, 0.2) is 0 Å². The third kappa shape index (κ3) is 4.95. The number of benzene rings is 2. The van der Waals surface area contributed by atoms with Gasteiger partial charge in [-0.2, -0.15) is 9.97 Å². The molecule has 113 valence electrons. The minimum absolute atomic E-state index is 0. The molecule has 0 saturated heterocycles. The Hall–Kier alpha value is -2.09. The van der Waals surface area contributed by atoms with Crippen molar-refractivity contribution in [2.45, 2.75) is 0 Å². The Morgan fingerprint density at radius 3 is 1.52 bits per heavy atom. The molecule has 0 spiro atoms. The van der Waals surface area contributed by atoms with E-state index in [9.17, 15) is 0 Å². The Labute approximate surface area is 158 Å². The number of ether oxygens (including phenoxy) is 2. The maximum Gasteiger partial charge on any atom is 0.329 e. The van der Waals surface area contributed by atoms with Crippen molar-refractivity contribution in [3.63, 3.8) is 0 Å². The minimum atomic E-state index is 0. The van der Waals surface area contributed by atoms with Crippen LogP contribution in [0, 0.1) is 0 Å². The second kappa shape index (κ2) is 8.52. The van der Waals surface area contributed by atoms with Crippen LogP contribution in [0.2, 0.25) is 0 Å². The van der Waals surface area contributed by atoms with Crippen molar-refractivity contribution in [2.24, 2.45) is 0 Å². The minimum Gasteiger partial charge on any atom is -0.584 e. The van der Waals surface area contributed by atoms with Gasteiger partial charge in [-0.15, -0.1) is 4.98 Å². The van der Waals surface area contributed by atoms with E-state index in [1.54, 1.807) is 24.3 Å². The number of anilines is 1. The van der Waals surface area contributed by atoms with Crippen LogP contribution in [-0.4, -0.2) is 15.0 Å². The van der Waals surface area contributed by atoms with Crippen LogP contribution in [0.4, 0.5) is 5.95 Å². The molecule has 0 aliphatic heterocycles. The number of nitrogens with one attached hydrogen (secondary N) is 2. The first-order valence-electron chi connectivity index (χ1n) is 6.48. The first-order chi connectivity index (χ1) is 10.8. The van der Waals surface area contributed by atoms with Gasteiger partial charge >= 0.3 is 12.0 Å². The molecule has 0 aliphatic rings. The van der Waals surface area contributed by atoms with Crippen molar-refractivity contribution in [3.8, 4) is 23.5 Å². The van der Waals surface area contributed by atoms with Gasteiger partial charge in [0.1, 0.15) is 11.5 Å². The molecule has 0 atom stereocenters. The maximum atomic E-state index is 7.18. The van der Waals surface area contributed by atoms with Crippen LogP contribution < -0.4 is 14.9 Å². The number of hydrogen-bond donors (Lipinski definition) is 1. The first-order valence-corrected chi connectivity index (χ1v) is 6.48. The molecule has 0 bridgehead atoms. The van der Waals surface area contributed by atoms with Gasteiger partial charge in [0.05, 0.1) is 0 Å². The summed E-state index contributed by atoms with van der Waals surface area (Å²) >= 11 is 0. The van der Waals surface area contributed by atoms with E-state index in [1.165, 1.54) is 0 Å². The second-order valence-electron chi connectivity index (χ2n) is 4.18. The molecule has 0 fully saturated rings. The molecule has 8 heteroatoms. The topological polar surface area (TPSA) is 93.0 Å². The van der Waals surface area contributed by atoms with E-state index in [1.807, 2.05) is 36.4 Å². The van der Waals surface area contributed by atoms with Gasteiger partial charge in [0.2, 0.25) is 5.95 Å². The van der Waals surface area contributed by atoms with Crippen LogP contribution in [0.5, 0.6) is 23.5 Å². The van der Waals surface area contributed by atoms with Gasteiger partial charge < -0.3 is 20.7 Å². The Bertz CT molecular complexity index is 684. The molecule has 2 aromatic carbocycles. The third-order valence-electron chi connectivity index (χ3n) is 2.61. The predicted molar refractivity (Wildman–Crippen MR) is 80.8 cm³/mol. The zero-order chi connectivity index (χ0) is 15.2. The maximum absolute atomic E-state index is 7.18. The smallest absolute Gasteiger partial charge is 0.329 e. The summed E-state index contributed by atoms with van der Waals surface area (Å²) in [6.07, 6.45) is 0. The monoisotopic (exact) mass is 383 g/mol. The largest absolute Gasteiger partial charge is 0.584 e.